The molecule has 3 aromatic carbocycles. The minimum atomic E-state index is -1.46. The highest BCUT2D eigenvalue weighted by Crippen LogP contribution is 2.34. The number of ketones is 1. The fourth-order valence-corrected chi connectivity index (χ4v) is 4.28. The van der Waals surface area contributed by atoms with Crippen molar-refractivity contribution < 1.29 is 28.6 Å². The van der Waals surface area contributed by atoms with Gasteiger partial charge in [0, 0.05) is 34.8 Å². The molecule has 1 aromatic heterocycles. The van der Waals surface area contributed by atoms with Crippen LogP contribution in [-0.2, 0) is 11.3 Å². The van der Waals surface area contributed by atoms with Crippen molar-refractivity contribution in [2.24, 2.45) is 0 Å². The molecule has 4 aromatic rings. The Morgan fingerprint density at radius 2 is 1.75 bits per heavy atom. The molecule has 186 valence electrons. The SMILES string of the molecule is COc1ccc(C(=O)c2c(C)n(Cc3ccccc3Cl)c3cc(OC(C)(C)C(=O)O)ccc23)c(F)c1. The van der Waals surface area contributed by atoms with Gasteiger partial charge in [0.05, 0.1) is 23.8 Å². The lowest BCUT2D eigenvalue weighted by Gasteiger charge is -2.21. The maximum Gasteiger partial charge on any atom is 0.347 e. The molecule has 0 spiro atoms. The van der Waals surface area contributed by atoms with Crippen LogP contribution in [0.5, 0.6) is 11.5 Å². The average molecular weight is 510 g/mol. The van der Waals surface area contributed by atoms with E-state index in [0.29, 0.717) is 45.2 Å². The Morgan fingerprint density at radius 3 is 2.39 bits per heavy atom. The number of carboxylic acids is 1. The highest BCUT2D eigenvalue weighted by Gasteiger charge is 2.30. The molecule has 0 aliphatic rings. The number of aromatic nitrogens is 1. The van der Waals surface area contributed by atoms with E-state index < -0.39 is 23.2 Å². The summed E-state index contributed by atoms with van der Waals surface area (Å²) in [6.45, 7) is 5.03. The van der Waals surface area contributed by atoms with E-state index in [9.17, 15) is 19.1 Å². The Bertz CT molecular complexity index is 1490. The van der Waals surface area contributed by atoms with Crippen LogP contribution in [0.4, 0.5) is 4.39 Å². The number of carbonyl (C=O) groups excluding carboxylic acids is 1. The third-order valence-electron chi connectivity index (χ3n) is 6.12. The minimum Gasteiger partial charge on any atom is -0.497 e. The summed E-state index contributed by atoms with van der Waals surface area (Å²) in [6.07, 6.45) is 0. The normalized spacial score (nSPS) is 11.5. The third-order valence-corrected chi connectivity index (χ3v) is 6.49. The van der Waals surface area contributed by atoms with E-state index in [1.54, 1.807) is 31.2 Å². The fraction of sp³-hybridized carbons (Fsp3) is 0.214. The first-order valence-corrected chi connectivity index (χ1v) is 11.6. The summed E-state index contributed by atoms with van der Waals surface area (Å²) in [7, 11) is 1.42. The van der Waals surface area contributed by atoms with Gasteiger partial charge in [0.15, 0.2) is 11.4 Å². The lowest BCUT2D eigenvalue weighted by atomic mass is 9.99. The van der Waals surface area contributed by atoms with Crippen molar-refractivity contribution in [3.05, 3.63) is 93.9 Å². The zero-order valence-electron chi connectivity index (χ0n) is 20.3. The third kappa shape index (κ3) is 4.66. The average Bonchev–Trinajstić information content (AvgIpc) is 3.10. The largest absolute Gasteiger partial charge is 0.497 e. The van der Waals surface area contributed by atoms with Crippen molar-refractivity contribution in [2.45, 2.75) is 32.9 Å². The molecule has 6 nitrogen and oxygen atoms in total. The molecule has 0 atom stereocenters. The number of methoxy groups -OCH3 is 1. The van der Waals surface area contributed by atoms with Crippen molar-refractivity contribution in [1.82, 2.24) is 4.57 Å². The van der Waals surface area contributed by atoms with Crippen LogP contribution in [0.2, 0.25) is 5.02 Å². The number of rotatable bonds is 8. The molecule has 0 fully saturated rings. The highest BCUT2D eigenvalue weighted by molar-refractivity contribution is 6.31. The molecule has 1 N–H and O–H groups in total. The van der Waals surface area contributed by atoms with Gasteiger partial charge in [-0.25, -0.2) is 9.18 Å². The van der Waals surface area contributed by atoms with E-state index in [0.717, 1.165) is 5.56 Å². The van der Waals surface area contributed by atoms with E-state index >= 15 is 0 Å². The summed E-state index contributed by atoms with van der Waals surface area (Å²) in [5.41, 5.74) is 0.857. The standard InChI is InChI=1S/C28H25ClFNO5/c1-16-25(26(32)20-11-9-18(35-4)13-23(20)30)21-12-10-19(36-28(2,3)27(33)34)14-24(21)31(16)15-17-7-5-6-8-22(17)29/h5-14H,15H2,1-4H3,(H,33,34). The van der Waals surface area contributed by atoms with Gasteiger partial charge in [-0.2, -0.15) is 0 Å². The quantitative estimate of drug-likeness (QED) is 0.283. The number of hydrogen-bond donors (Lipinski definition) is 1. The van der Waals surface area contributed by atoms with Crippen molar-refractivity contribution in [3.8, 4) is 11.5 Å². The Balaban J connectivity index is 1.90. The van der Waals surface area contributed by atoms with E-state index in [2.05, 4.69) is 0 Å². The van der Waals surface area contributed by atoms with Gasteiger partial charge in [-0.3, -0.25) is 4.79 Å². The van der Waals surface area contributed by atoms with Gasteiger partial charge in [0.2, 0.25) is 0 Å². The number of aliphatic carboxylic acids is 1. The monoisotopic (exact) mass is 509 g/mol. The molecular weight excluding hydrogens is 485 g/mol. The molecule has 0 unspecified atom stereocenters. The van der Waals surface area contributed by atoms with Crippen molar-refractivity contribution >= 4 is 34.3 Å². The van der Waals surface area contributed by atoms with Gasteiger partial charge >= 0.3 is 5.97 Å². The second kappa shape index (κ2) is 9.66. The number of hydrogen-bond acceptors (Lipinski definition) is 4. The molecular formula is C28H25ClFNO5. The van der Waals surface area contributed by atoms with Gasteiger partial charge in [0.25, 0.3) is 0 Å². The van der Waals surface area contributed by atoms with Gasteiger partial charge in [-0.05, 0) is 56.7 Å². The molecule has 0 bridgehead atoms. The lowest BCUT2D eigenvalue weighted by molar-refractivity contribution is -0.152. The molecule has 4 rings (SSSR count). The van der Waals surface area contributed by atoms with E-state index in [4.69, 9.17) is 21.1 Å². The van der Waals surface area contributed by atoms with Crippen LogP contribution in [0, 0.1) is 12.7 Å². The molecule has 0 saturated carbocycles. The first-order valence-electron chi connectivity index (χ1n) is 11.2. The number of carboxylic acid groups (broad SMARTS) is 1. The molecule has 8 heteroatoms. The van der Waals surface area contributed by atoms with Gasteiger partial charge < -0.3 is 19.1 Å². The molecule has 0 radical (unpaired) electrons. The topological polar surface area (TPSA) is 77.8 Å². The van der Waals surface area contributed by atoms with Crippen LogP contribution < -0.4 is 9.47 Å². The van der Waals surface area contributed by atoms with E-state index in [-0.39, 0.29) is 5.56 Å². The maximum absolute atomic E-state index is 14.8. The summed E-state index contributed by atoms with van der Waals surface area (Å²) < 4.78 is 27.5. The number of fused-ring (bicyclic) bond motifs is 1. The van der Waals surface area contributed by atoms with E-state index in [1.165, 1.54) is 39.2 Å². The van der Waals surface area contributed by atoms with Crippen LogP contribution in [-0.4, -0.2) is 34.1 Å². The van der Waals surface area contributed by atoms with E-state index in [1.807, 2.05) is 22.8 Å². The van der Waals surface area contributed by atoms with Gasteiger partial charge in [-0.15, -0.1) is 0 Å². The Kier molecular flexibility index (Phi) is 6.78. The Labute approximate surface area is 212 Å². The first-order chi connectivity index (χ1) is 17.0. The number of nitrogens with zero attached hydrogens (tertiary/aromatic N) is 1. The summed E-state index contributed by atoms with van der Waals surface area (Å²) >= 11 is 6.41. The highest BCUT2D eigenvalue weighted by atomic mass is 35.5. The maximum atomic E-state index is 14.8. The molecule has 0 saturated heterocycles. The number of carbonyl (C=O) groups is 2. The van der Waals surface area contributed by atoms with Crippen molar-refractivity contribution in [3.63, 3.8) is 0 Å². The molecule has 0 aliphatic carbocycles. The Morgan fingerprint density at radius 1 is 1.06 bits per heavy atom. The predicted molar refractivity (Wildman–Crippen MR) is 136 cm³/mol. The van der Waals surface area contributed by atoms with Gasteiger partial charge in [-0.1, -0.05) is 29.8 Å². The Hall–Kier alpha value is -3.84. The molecule has 1 heterocycles. The second-order valence-electron chi connectivity index (χ2n) is 8.91. The van der Waals surface area contributed by atoms with Crippen LogP contribution in [0.15, 0.2) is 60.7 Å². The summed E-state index contributed by atoms with van der Waals surface area (Å²) in [5, 5.41) is 10.6. The minimum absolute atomic E-state index is 0.0805. The van der Waals surface area contributed by atoms with Gasteiger partial charge in [0.1, 0.15) is 17.3 Å². The zero-order chi connectivity index (χ0) is 26.2. The summed E-state index contributed by atoms with van der Waals surface area (Å²) in [4.78, 5) is 25.2. The predicted octanol–water partition coefficient (Wildman–Crippen LogP) is 6.27. The van der Waals surface area contributed by atoms with Crippen LogP contribution in [0.3, 0.4) is 0 Å². The molecule has 0 amide bonds. The second-order valence-corrected chi connectivity index (χ2v) is 9.32. The number of benzene rings is 3. The van der Waals surface area contributed by atoms with Crippen molar-refractivity contribution in [2.75, 3.05) is 7.11 Å². The number of ether oxygens (including phenoxy) is 2. The van der Waals surface area contributed by atoms with Crippen LogP contribution >= 0.6 is 11.6 Å². The molecule has 0 aliphatic heterocycles. The first kappa shape index (κ1) is 25.3. The summed E-state index contributed by atoms with van der Waals surface area (Å²) in [5.74, 6) is -1.65. The zero-order valence-corrected chi connectivity index (χ0v) is 21.0. The number of halogens is 2. The fourth-order valence-electron chi connectivity index (χ4n) is 4.09. The smallest absolute Gasteiger partial charge is 0.347 e. The van der Waals surface area contributed by atoms with Crippen molar-refractivity contribution in [1.29, 1.82) is 0 Å². The molecule has 36 heavy (non-hydrogen) atoms. The van der Waals surface area contributed by atoms with Crippen LogP contribution in [0.1, 0.15) is 41.0 Å². The van der Waals surface area contributed by atoms with Crippen LogP contribution in [0.25, 0.3) is 10.9 Å². The lowest BCUT2D eigenvalue weighted by Crippen LogP contribution is -2.37. The summed E-state index contributed by atoms with van der Waals surface area (Å²) in [6, 6.07) is 16.4.